The quantitative estimate of drug-likeness (QED) is 0.449. The molecule has 0 amide bonds. The van der Waals surface area contributed by atoms with Gasteiger partial charge in [0.25, 0.3) is 0 Å². The number of allylic oxidation sites excluding steroid dienone is 3. The van der Waals surface area contributed by atoms with Gasteiger partial charge in [-0.2, -0.15) is 0 Å². The standard InChI is InChI=1S/C30H48O2/c1-18(2)19(3)9-10-20(4)22-13-16-29(7)24-12-11-23-21(5)25(31)14-15-28(23,6)27(24)26(32)17-30(22,29)8/h18,20-23,25,31H,3,9-17H2,1-2,4-8H3/t20-,21+,22-,23+,25+,28+,29+,30-/m1/s1. The zero-order chi connectivity index (χ0) is 23.6. The van der Waals surface area contributed by atoms with Crippen LogP contribution in [-0.2, 0) is 4.79 Å². The van der Waals surface area contributed by atoms with Gasteiger partial charge < -0.3 is 5.11 Å². The number of rotatable bonds is 5. The molecule has 2 fully saturated rings. The summed E-state index contributed by atoms with van der Waals surface area (Å²) in [4.78, 5) is 14.0. The van der Waals surface area contributed by atoms with Crippen LogP contribution in [0.2, 0.25) is 0 Å². The molecular formula is C30H48O2. The molecule has 8 atom stereocenters. The lowest BCUT2D eigenvalue weighted by molar-refractivity contribution is -0.127. The van der Waals surface area contributed by atoms with Crippen molar-refractivity contribution in [3.8, 4) is 0 Å². The SMILES string of the molecule is C=C(CC[C@@H](C)[C@H]1CC[C@@]2(C)C3=C(C(=O)C[C@]12C)[C@@]1(C)CC[C@H](O)[C@@H](C)[C@@H]1CC3)C(C)C. The minimum atomic E-state index is -0.202. The normalized spacial score (nSPS) is 44.8. The third kappa shape index (κ3) is 3.33. The Morgan fingerprint density at radius 3 is 2.47 bits per heavy atom. The van der Waals surface area contributed by atoms with Crippen molar-refractivity contribution in [2.45, 2.75) is 112 Å². The molecule has 0 aromatic carbocycles. The number of aliphatic hydroxyl groups is 1. The van der Waals surface area contributed by atoms with E-state index in [0.29, 0.717) is 35.4 Å². The summed E-state index contributed by atoms with van der Waals surface area (Å²) in [5, 5.41) is 10.5. The first kappa shape index (κ1) is 24.2. The Morgan fingerprint density at radius 1 is 1.12 bits per heavy atom. The van der Waals surface area contributed by atoms with Crippen LogP contribution in [0, 0.1) is 45.8 Å². The monoisotopic (exact) mass is 440 g/mol. The van der Waals surface area contributed by atoms with Crippen LogP contribution in [-0.4, -0.2) is 17.0 Å². The summed E-state index contributed by atoms with van der Waals surface area (Å²) in [6.07, 6.45) is 9.33. The van der Waals surface area contributed by atoms with Crippen molar-refractivity contribution in [3.63, 3.8) is 0 Å². The van der Waals surface area contributed by atoms with Crippen LogP contribution >= 0.6 is 0 Å². The molecule has 4 aliphatic rings. The fourth-order valence-corrected chi connectivity index (χ4v) is 8.96. The van der Waals surface area contributed by atoms with E-state index in [1.54, 1.807) is 0 Å². The van der Waals surface area contributed by atoms with Crippen molar-refractivity contribution in [3.05, 3.63) is 23.3 Å². The molecule has 4 aliphatic carbocycles. The van der Waals surface area contributed by atoms with Gasteiger partial charge in [-0.25, -0.2) is 0 Å². The van der Waals surface area contributed by atoms with Crippen LogP contribution in [0.25, 0.3) is 0 Å². The maximum absolute atomic E-state index is 14.0. The maximum Gasteiger partial charge on any atom is 0.159 e. The molecule has 1 N–H and O–H groups in total. The van der Waals surface area contributed by atoms with Gasteiger partial charge in [0.2, 0.25) is 0 Å². The number of ketones is 1. The van der Waals surface area contributed by atoms with Gasteiger partial charge in [0, 0.05) is 12.0 Å². The molecule has 0 radical (unpaired) electrons. The molecule has 0 aromatic heterocycles. The van der Waals surface area contributed by atoms with Gasteiger partial charge in [0.05, 0.1) is 6.10 Å². The molecule has 0 aromatic rings. The Hall–Kier alpha value is -0.890. The summed E-state index contributed by atoms with van der Waals surface area (Å²) in [6.45, 7) is 20.8. The molecular weight excluding hydrogens is 392 g/mol. The number of carbonyl (C=O) groups is 1. The largest absolute Gasteiger partial charge is 0.393 e. The molecule has 4 rings (SSSR count). The van der Waals surface area contributed by atoms with Crippen molar-refractivity contribution in [1.29, 1.82) is 0 Å². The Bertz CT molecular complexity index is 821. The van der Waals surface area contributed by atoms with Gasteiger partial charge in [-0.15, -0.1) is 0 Å². The number of fused-ring (bicyclic) bond motifs is 4. The molecule has 2 saturated carbocycles. The predicted octanol–water partition coefficient (Wildman–Crippen LogP) is 7.51. The molecule has 180 valence electrons. The van der Waals surface area contributed by atoms with Crippen molar-refractivity contribution in [2.24, 2.45) is 45.8 Å². The average Bonchev–Trinajstić information content (AvgIpc) is 3.00. The van der Waals surface area contributed by atoms with Crippen LogP contribution in [0.4, 0.5) is 0 Å². The lowest BCUT2D eigenvalue weighted by atomic mass is 9.45. The van der Waals surface area contributed by atoms with E-state index in [-0.39, 0.29) is 22.3 Å². The number of hydrogen-bond donors (Lipinski definition) is 1. The number of carbonyl (C=O) groups excluding carboxylic acids is 1. The van der Waals surface area contributed by atoms with E-state index in [0.717, 1.165) is 38.5 Å². The Balaban J connectivity index is 1.66. The minimum absolute atomic E-state index is 0.0354. The summed E-state index contributed by atoms with van der Waals surface area (Å²) >= 11 is 0. The molecule has 0 unspecified atom stereocenters. The average molecular weight is 441 g/mol. The first-order valence-electron chi connectivity index (χ1n) is 13.5. The van der Waals surface area contributed by atoms with Gasteiger partial charge in [-0.3, -0.25) is 4.79 Å². The van der Waals surface area contributed by atoms with E-state index in [4.69, 9.17) is 0 Å². The fraction of sp³-hybridized carbons (Fsp3) is 0.833. The van der Waals surface area contributed by atoms with Crippen molar-refractivity contribution >= 4 is 5.78 Å². The van der Waals surface area contributed by atoms with E-state index >= 15 is 0 Å². The maximum atomic E-state index is 14.0. The molecule has 0 saturated heterocycles. The third-order valence-electron chi connectivity index (χ3n) is 11.5. The van der Waals surface area contributed by atoms with Crippen LogP contribution in [0.3, 0.4) is 0 Å². The van der Waals surface area contributed by atoms with Gasteiger partial charge in [-0.05, 0) is 97.2 Å². The van der Waals surface area contributed by atoms with E-state index in [1.165, 1.54) is 36.0 Å². The molecule has 2 heteroatoms. The highest BCUT2D eigenvalue weighted by Gasteiger charge is 2.64. The Labute approximate surface area is 197 Å². The number of hydrogen-bond acceptors (Lipinski definition) is 2. The van der Waals surface area contributed by atoms with Gasteiger partial charge in [0.1, 0.15) is 0 Å². The van der Waals surface area contributed by atoms with E-state index in [9.17, 15) is 9.90 Å². The minimum Gasteiger partial charge on any atom is -0.393 e. The zero-order valence-electron chi connectivity index (χ0n) is 21.9. The lowest BCUT2D eigenvalue weighted by Crippen LogP contribution is -2.54. The van der Waals surface area contributed by atoms with Gasteiger partial charge in [0.15, 0.2) is 5.78 Å². The van der Waals surface area contributed by atoms with Crippen molar-refractivity contribution in [1.82, 2.24) is 0 Å². The van der Waals surface area contributed by atoms with E-state index in [1.807, 2.05) is 0 Å². The predicted molar refractivity (Wildman–Crippen MR) is 133 cm³/mol. The van der Waals surface area contributed by atoms with Crippen LogP contribution in [0.1, 0.15) is 106 Å². The summed E-state index contributed by atoms with van der Waals surface area (Å²) < 4.78 is 0. The highest BCUT2D eigenvalue weighted by atomic mass is 16.3. The smallest absolute Gasteiger partial charge is 0.159 e. The zero-order valence-corrected chi connectivity index (χ0v) is 21.9. The number of aliphatic hydroxyl groups excluding tert-OH is 1. The Morgan fingerprint density at radius 2 is 1.81 bits per heavy atom. The summed E-state index contributed by atoms with van der Waals surface area (Å²) in [5.41, 5.74) is 4.30. The molecule has 2 nitrogen and oxygen atoms in total. The second kappa shape index (κ2) is 8.10. The highest BCUT2D eigenvalue weighted by molar-refractivity contribution is 5.99. The van der Waals surface area contributed by atoms with Crippen LogP contribution < -0.4 is 0 Å². The first-order valence-corrected chi connectivity index (χ1v) is 13.5. The van der Waals surface area contributed by atoms with Gasteiger partial charge >= 0.3 is 0 Å². The lowest BCUT2D eigenvalue weighted by Gasteiger charge is -2.59. The number of Topliss-reactive ketones (excluding diaryl/α,β-unsaturated/α-hetero) is 1. The van der Waals surface area contributed by atoms with Crippen molar-refractivity contribution in [2.75, 3.05) is 0 Å². The Kier molecular flexibility index (Phi) is 6.14. The van der Waals surface area contributed by atoms with Gasteiger partial charge in [-0.1, -0.05) is 66.2 Å². The summed E-state index contributed by atoms with van der Waals surface area (Å²) in [7, 11) is 0. The van der Waals surface area contributed by atoms with E-state index in [2.05, 4.69) is 55.0 Å². The summed E-state index contributed by atoms with van der Waals surface area (Å²) in [6, 6.07) is 0. The first-order chi connectivity index (χ1) is 14.9. The second-order valence-electron chi connectivity index (χ2n) is 13.2. The van der Waals surface area contributed by atoms with E-state index < -0.39 is 0 Å². The third-order valence-corrected chi connectivity index (χ3v) is 11.5. The fourth-order valence-electron chi connectivity index (χ4n) is 8.96. The molecule has 0 spiro atoms. The van der Waals surface area contributed by atoms with Crippen molar-refractivity contribution < 1.29 is 9.90 Å². The molecule has 32 heavy (non-hydrogen) atoms. The summed E-state index contributed by atoms with van der Waals surface area (Å²) in [5.74, 6) is 2.98. The molecule has 0 aliphatic heterocycles. The van der Waals surface area contributed by atoms with Crippen LogP contribution in [0.15, 0.2) is 23.3 Å². The second-order valence-corrected chi connectivity index (χ2v) is 13.2. The molecule has 0 bridgehead atoms. The highest BCUT2D eigenvalue weighted by Crippen LogP contribution is 2.70. The van der Waals surface area contributed by atoms with Crippen LogP contribution in [0.5, 0.6) is 0 Å². The topological polar surface area (TPSA) is 37.3 Å². The molecule has 0 heterocycles.